The molecule has 1 aliphatic carbocycles. The number of nitrogens with two attached hydrogens (primary N) is 1. The number of pyridine rings is 1. The van der Waals surface area contributed by atoms with Crippen molar-refractivity contribution in [3.8, 4) is 0 Å². The number of hydrogen-bond donors (Lipinski definition) is 3. The van der Waals surface area contributed by atoms with Crippen LogP contribution >= 0.6 is 0 Å². The second-order valence-electron chi connectivity index (χ2n) is 4.83. The maximum absolute atomic E-state index is 9.95. The number of aromatic nitrogens is 1. The molecule has 4 nitrogen and oxygen atoms in total. The van der Waals surface area contributed by atoms with Crippen molar-refractivity contribution in [1.82, 2.24) is 10.3 Å². The number of anilines is 1. The minimum atomic E-state index is -0.509. The van der Waals surface area contributed by atoms with Gasteiger partial charge in [0.25, 0.3) is 0 Å². The minimum Gasteiger partial charge on any atom is -0.387 e. The molecule has 0 aromatic carbocycles. The first-order valence-electron chi connectivity index (χ1n) is 5.74. The van der Waals surface area contributed by atoms with E-state index in [4.69, 9.17) is 5.73 Å². The van der Waals surface area contributed by atoms with Crippen LogP contribution in [0.5, 0.6) is 0 Å². The first-order valence-corrected chi connectivity index (χ1v) is 5.74. The molecule has 2 rings (SSSR count). The van der Waals surface area contributed by atoms with Crippen LogP contribution in [-0.4, -0.2) is 22.2 Å². The Kier molecular flexibility index (Phi) is 3.12. The Labute approximate surface area is 95.9 Å². The molecule has 1 aromatic rings. The Bertz CT molecular complexity index is 346. The van der Waals surface area contributed by atoms with Gasteiger partial charge in [0.2, 0.25) is 0 Å². The van der Waals surface area contributed by atoms with E-state index < -0.39 is 6.10 Å². The van der Waals surface area contributed by atoms with E-state index in [1.807, 2.05) is 6.07 Å². The van der Waals surface area contributed by atoms with Crippen molar-refractivity contribution < 1.29 is 5.11 Å². The average molecular weight is 221 g/mol. The van der Waals surface area contributed by atoms with Crippen molar-refractivity contribution in [3.05, 3.63) is 23.9 Å². The molecule has 16 heavy (non-hydrogen) atoms. The highest BCUT2D eigenvalue weighted by molar-refractivity contribution is 5.30. The highest BCUT2D eigenvalue weighted by Gasteiger charge is 2.31. The summed E-state index contributed by atoms with van der Waals surface area (Å²) in [5.41, 5.74) is 6.53. The normalized spacial score (nSPS) is 20.1. The molecule has 1 aromatic heterocycles. The van der Waals surface area contributed by atoms with Crippen molar-refractivity contribution in [1.29, 1.82) is 0 Å². The van der Waals surface area contributed by atoms with E-state index in [-0.39, 0.29) is 5.54 Å². The molecular weight excluding hydrogens is 202 g/mol. The van der Waals surface area contributed by atoms with E-state index >= 15 is 0 Å². The Morgan fingerprint density at radius 2 is 2.31 bits per heavy atom. The smallest absolute Gasteiger partial charge is 0.123 e. The highest BCUT2D eigenvalue weighted by Crippen LogP contribution is 2.31. The van der Waals surface area contributed by atoms with E-state index in [0.717, 1.165) is 5.56 Å². The number of β-amino-alcohol motifs (C(OH)–C–C–N with tert-alkyl or cyclic N) is 1. The molecule has 1 saturated carbocycles. The Morgan fingerprint density at radius 1 is 1.56 bits per heavy atom. The number of nitrogens with zero attached hydrogens (tertiary/aromatic N) is 1. The van der Waals surface area contributed by atoms with Crippen LogP contribution in [0.15, 0.2) is 18.3 Å². The van der Waals surface area contributed by atoms with Crippen LogP contribution in [0.25, 0.3) is 0 Å². The third-order valence-corrected chi connectivity index (χ3v) is 3.37. The summed E-state index contributed by atoms with van der Waals surface area (Å²) in [5.74, 6) is 0.481. The molecular formula is C12H19N3O. The molecule has 0 aliphatic heterocycles. The van der Waals surface area contributed by atoms with Crippen molar-refractivity contribution in [2.24, 2.45) is 0 Å². The van der Waals surface area contributed by atoms with Gasteiger partial charge in [-0.25, -0.2) is 4.98 Å². The summed E-state index contributed by atoms with van der Waals surface area (Å²) in [6.45, 7) is 2.77. The number of nitrogen functional groups attached to an aromatic ring is 1. The molecule has 1 heterocycles. The zero-order valence-corrected chi connectivity index (χ0v) is 9.61. The molecule has 4 heteroatoms. The van der Waals surface area contributed by atoms with Crippen LogP contribution in [0.3, 0.4) is 0 Å². The van der Waals surface area contributed by atoms with Crippen molar-refractivity contribution in [3.63, 3.8) is 0 Å². The van der Waals surface area contributed by atoms with Crippen LogP contribution in [0.4, 0.5) is 5.82 Å². The van der Waals surface area contributed by atoms with E-state index in [0.29, 0.717) is 12.4 Å². The average Bonchev–Trinajstić information content (AvgIpc) is 2.24. The zero-order chi connectivity index (χ0) is 11.6. The predicted molar refractivity (Wildman–Crippen MR) is 63.9 cm³/mol. The largest absolute Gasteiger partial charge is 0.387 e. The molecule has 1 fully saturated rings. The lowest BCUT2D eigenvalue weighted by atomic mass is 9.78. The molecule has 0 radical (unpaired) electrons. The summed E-state index contributed by atoms with van der Waals surface area (Å²) in [7, 11) is 0. The summed E-state index contributed by atoms with van der Waals surface area (Å²) in [5, 5.41) is 13.4. The van der Waals surface area contributed by atoms with Gasteiger partial charge in [-0.1, -0.05) is 6.07 Å². The Hall–Kier alpha value is -1.13. The summed E-state index contributed by atoms with van der Waals surface area (Å²) in [6.07, 6.45) is 4.79. The third kappa shape index (κ3) is 2.51. The number of aliphatic hydroxyl groups excluding tert-OH is 1. The monoisotopic (exact) mass is 221 g/mol. The van der Waals surface area contributed by atoms with Gasteiger partial charge in [-0.2, -0.15) is 0 Å². The van der Waals surface area contributed by atoms with Crippen LogP contribution in [0.1, 0.15) is 37.9 Å². The van der Waals surface area contributed by atoms with Crippen LogP contribution < -0.4 is 11.1 Å². The van der Waals surface area contributed by atoms with Gasteiger partial charge < -0.3 is 16.2 Å². The van der Waals surface area contributed by atoms with Crippen molar-refractivity contribution in [2.75, 3.05) is 12.3 Å². The molecule has 0 bridgehead atoms. The Morgan fingerprint density at radius 3 is 2.81 bits per heavy atom. The van der Waals surface area contributed by atoms with Crippen molar-refractivity contribution >= 4 is 5.82 Å². The fourth-order valence-electron chi connectivity index (χ4n) is 1.96. The van der Waals surface area contributed by atoms with Gasteiger partial charge in [0.05, 0.1) is 6.10 Å². The number of aliphatic hydroxyl groups is 1. The van der Waals surface area contributed by atoms with Gasteiger partial charge >= 0.3 is 0 Å². The molecule has 88 valence electrons. The highest BCUT2D eigenvalue weighted by atomic mass is 16.3. The van der Waals surface area contributed by atoms with Gasteiger partial charge in [-0.3, -0.25) is 0 Å². The maximum atomic E-state index is 9.95. The van der Waals surface area contributed by atoms with Gasteiger partial charge in [-0.05, 0) is 32.3 Å². The van der Waals surface area contributed by atoms with Crippen molar-refractivity contribution in [2.45, 2.75) is 37.8 Å². The number of rotatable bonds is 4. The van der Waals surface area contributed by atoms with E-state index in [1.165, 1.54) is 19.3 Å². The SMILES string of the molecule is CC1(NC[C@H](O)c2ccc(N)nc2)CCC1. The maximum Gasteiger partial charge on any atom is 0.123 e. The first-order chi connectivity index (χ1) is 7.59. The summed E-state index contributed by atoms with van der Waals surface area (Å²) in [6, 6.07) is 3.53. The molecule has 1 aliphatic rings. The lowest BCUT2D eigenvalue weighted by Gasteiger charge is -2.40. The van der Waals surface area contributed by atoms with E-state index in [2.05, 4.69) is 17.2 Å². The van der Waals surface area contributed by atoms with Gasteiger partial charge in [0.15, 0.2) is 0 Å². The van der Waals surface area contributed by atoms with Crippen LogP contribution in [0.2, 0.25) is 0 Å². The minimum absolute atomic E-state index is 0.224. The quantitative estimate of drug-likeness (QED) is 0.715. The first kappa shape index (κ1) is 11.4. The zero-order valence-electron chi connectivity index (χ0n) is 9.61. The molecule has 0 spiro atoms. The molecule has 1 atom stereocenters. The number of hydrogen-bond acceptors (Lipinski definition) is 4. The second kappa shape index (κ2) is 4.39. The van der Waals surface area contributed by atoms with E-state index in [9.17, 15) is 5.11 Å². The van der Waals surface area contributed by atoms with E-state index in [1.54, 1.807) is 12.3 Å². The fraction of sp³-hybridized carbons (Fsp3) is 0.583. The molecule has 0 unspecified atom stereocenters. The molecule has 0 saturated heterocycles. The summed E-state index contributed by atoms with van der Waals surface area (Å²) < 4.78 is 0. The summed E-state index contributed by atoms with van der Waals surface area (Å²) in [4.78, 5) is 3.97. The Balaban J connectivity index is 1.87. The van der Waals surface area contributed by atoms with Crippen LogP contribution in [0, 0.1) is 0 Å². The van der Waals surface area contributed by atoms with Gasteiger partial charge in [0.1, 0.15) is 5.82 Å². The van der Waals surface area contributed by atoms with Crippen LogP contribution in [-0.2, 0) is 0 Å². The molecule has 0 amide bonds. The molecule has 4 N–H and O–H groups in total. The topological polar surface area (TPSA) is 71.2 Å². The van der Waals surface area contributed by atoms with Gasteiger partial charge in [-0.15, -0.1) is 0 Å². The lowest BCUT2D eigenvalue weighted by molar-refractivity contribution is 0.132. The summed E-state index contributed by atoms with van der Waals surface area (Å²) >= 11 is 0. The predicted octanol–water partition coefficient (Wildman–Crippen LogP) is 1.23. The lowest BCUT2D eigenvalue weighted by Crippen LogP contribution is -2.49. The fourth-order valence-corrected chi connectivity index (χ4v) is 1.96. The third-order valence-electron chi connectivity index (χ3n) is 3.37. The standard InChI is InChI=1S/C12H19N3O/c1-12(5-2-6-12)15-8-10(16)9-3-4-11(13)14-7-9/h3-4,7,10,15-16H,2,5-6,8H2,1H3,(H2,13,14)/t10-/m0/s1. The number of nitrogens with one attached hydrogen (secondary N) is 1. The second-order valence-corrected chi connectivity index (χ2v) is 4.83. The van der Waals surface area contributed by atoms with Gasteiger partial charge in [0, 0.05) is 23.8 Å².